The van der Waals surface area contributed by atoms with Gasteiger partial charge in [0.1, 0.15) is 11.6 Å². The minimum atomic E-state index is -3.50. The molecular weight excluding hydrogens is 410 g/mol. The highest BCUT2D eigenvalue weighted by molar-refractivity contribution is 7.92. The Kier molecular flexibility index (Phi) is 6.07. The van der Waals surface area contributed by atoms with Gasteiger partial charge in [0.25, 0.3) is 0 Å². The van der Waals surface area contributed by atoms with Gasteiger partial charge in [-0.25, -0.2) is 17.2 Å². The van der Waals surface area contributed by atoms with Gasteiger partial charge in [0.15, 0.2) is 11.6 Å². The normalized spacial score (nSPS) is 11.4. The molecule has 158 valence electrons. The maximum Gasteiger partial charge on any atom is 0.232 e. The first-order valence-corrected chi connectivity index (χ1v) is 11.0. The zero-order valence-electron chi connectivity index (χ0n) is 17.1. The molecule has 8 heteroatoms. The van der Waals surface area contributed by atoms with Crippen LogP contribution >= 0.6 is 0 Å². The molecule has 0 bridgehead atoms. The maximum absolute atomic E-state index is 14.2. The number of anilines is 1. The van der Waals surface area contributed by atoms with Gasteiger partial charge in [0.05, 0.1) is 11.4 Å². The number of aryl methyl sites for hydroxylation is 3. The number of halogens is 2. The molecular formula is C22H22F2N2O3S. The molecule has 1 heterocycles. The number of nitrogens with one attached hydrogen (secondary N) is 1. The van der Waals surface area contributed by atoms with Crippen LogP contribution in [0.4, 0.5) is 14.5 Å². The molecule has 0 atom stereocenters. The Labute approximate surface area is 174 Å². The van der Waals surface area contributed by atoms with Crippen LogP contribution in [0.15, 0.2) is 42.5 Å². The lowest BCUT2D eigenvalue weighted by molar-refractivity contribution is 0.439. The Hall–Kier alpha value is -3.00. The van der Waals surface area contributed by atoms with Crippen LogP contribution < -0.4 is 9.46 Å². The van der Waals surface area contributed by atoms with E-state index in [0.717, 1.165) is 29.1 Å². The molecule has 5 nitrogen and oxygen atoms in total. The van der Waals surface area contributed by atoms with Gasteiger partial charge in [-0.05, 0) is 75.2 Å². The fraction of sp³-hybridized carbons (Fsp3) is 0.227. The third-order valence-corrected chi connectivity index (χ3v) is 5.77. The van der Waals surface area contributed by atoms with E-state index in [0.29, 0.717) is 22.6 Å². The molecule has 0 radical (unpaired) electrons. The maximum atomic E-state index is 14.2. The number of rotatable bonds is 6. The van der Waals surface area contributed by atoms with Crippen LogP contribution in [-0.2, 0) is 10.0 Å². The van der Waals surface area contributed by atoms with Crippen molar-refractivity contribution in [1.29, 1.82) is 0 Å². The second-order valence-corrected chi connectivity index (χ2v) is 9.00. The highest BCUT2D eigenvalue weighted by Crippen LogP contribution is 2.39. The van der Waals surface area contributed by atoms with Gasteiger partial charge in [-0.15, -0.1) is 0 Å². The number of benzene rings is 2. The van der Waals surface area contributed by atoms with Gasteiger partial charge >= 0.3 is 0 Å². The van der Waals surface area contributed by atoms with E-state index in [1.54, 1.807) is 26.0 Å². The van der Waals surface area contributed by atoms with Crippen molar-refractivity contribution in [3.05, 3.63) is 71.1 Å². The third kappa shape index (κ3) is 4.94. The van der Waals surface area contributed by atoms with Crippen LogP contribution in [0.1, 0.15) is 23.9 Å². The smallest absolute Gasteiger partial charge is 0.232 e. The van der Waals surface area contributed by atoms with Crippen LogP contribution in [0.25, 0.3) is 11.1 Å². The van der Waals surface area contributed by atoms with Crippen molar-refractivity contribution in [2.45, 2.75) is 27.7 Å². The lowest BCUT2D eigenvalue weighted by Crippen LogP contribution is -2.15. The van der Waals surface area contributed by atoms with E-state index in [4.69, 9.17) is 4.74 Å². The summed E-state index contributed by atoms with van der Waals surface area (Å²) in [6.07, 6.45) is 0. The molecule has 0 aliphatic rings. The van der Waals surface area contributed by atoms with E-state index < -0.39 is 21.7 Å². The van der Waals surface area contributed by atoms with Crippen LogP contribution in [0.2, 0.25) is 0 Å². The van der Waals surface area contributed by atoms with Crippen LogP contribution in [0, 0.1) is 32.4 Å². The zero-order valence-corrected chi connectivity index (χ0v) is 17.9. The molecule has 2 aromatic carbocycles. The number of pyridine rings is 1. The van der Waals surface area contributed by atoms with Crippen molar-refractivity contribution in [3.63, 3.8) is 0 Å². The first-order chi connectivity index (χ1) is 14.1. The largest absolute Gasteiger partial charge is 0.454 e. The summed E-state index contributed by atoms with van der Waals surface area (Å²) in [6.45, 7) is 6.94. The summed E-state index contributed by atoms with van der Waals surface area (Å²) in [5.41, 5.74) is 3.79. The molecule has 0 aliphatic heterocycles. The van der Waals surface area contributed by atoms with Gasteiger partial charge < -0.3 is 4.74 Å². The Bertz CT molecular complexity index is 1190. The topological polar surface area (TPSA) is 68.3 Å². The van der Waals surface area contributed by atoms with Crippen molar-refractivity contribution in [2.75, 3.05) is 10.5 Å². The summed E-state index contributed by atoms with van der Waals surface area (Å²) in [5, 5.41) is 0. The Morgan fingerprint density at radius 1 is 0.967 bits per heavy atom. The summed E-state index contributed by atoms with van der Waals surface area (Å²) >= 11 is 0. The average molecular weight is 432 g/mol. The van der Waals surface area contributed by atoms with E-state index in [9.17, 15) is 17.2 Å². The molecule has 3 rings (SSSR count). The average Bonchev–Trinajstić information content (AvgIpc) is 2.65. The lowest BCUT2D eigenvalue weighted by atomic mass is 10.0. The molecule has 3 aromatic rings. The summed E-state index contributed by atoms with van der Waals surface area (Å²) in [6, 6.07) is 9.97. The monoisotopic (exact) mass is 432 g/mol. The SMILES string of the molecule is CCS(=O)(=O)Nc1cc(-c2cc(C)nc(C)c2)c(Oc2ccc(F)cc2F)cc1C. The van der Waals surface area contributed by atoms with Gasteiger partial charge in [0.2, 0.25) is 10.0 Å². The van der Waals surface area contributed by atoms with Crippen LogP contribution in [0.3, 0.4) is 0 Å². The number of hydrogen-bond acceptors (Lipinski definition) is 4. The van der Waals surface area contributed by atoms with Gasteiger partial charge in [-0.1, -0.05) is 0 Å². The van der Waals surface area contributed by atoms with Crippen molar-refractivity contribution < 1.29 is 21.9 Å². The molecule has 0 saturated carbocycles. The standard InChI is InChI=1S/C22H22F2N2O3S/c1-5-30(27,28)26-20-12-18(16-9-14(3)25-15(4)10-16)22(8-13(20)2)29-21-7-6-17(23)11-19(21)24/h6-12,26H,5H2,1-4H3. The third-order valence-electron chi connectivity index (χ3n) is 4.48. The number of ether oxygens (including phenoxy) is 1. The first kappa shape index (κ1) is 21.7. The zero-order chi connectivity index (χ0) is 22.1. The summed E-state index contributed by atoms with van der Waals surface area (Å²) in [5.74, 6) is -1.45. The van der Waals surface area contributed by atoms with Gasteiger partial charge in [-0.2, -0.15) is 0 Å². The Balaban J connectivity index is 2.18. The molecule has 0 spiro atoms. The molecule has 1 aromatic heterocycles. The Morgan fingerprint density at radius 2 is 1.63 bits per heavy atom. The molecule has 0 aliphatic carbocycles. The molecule has 0 amide bonds. The van der Waals surface area contributed by atoms with Crippen molar-refractivity contribution in [3.8, 4) is 22.6 Å². The molecule has 0 saturated heterocycles. The predicted molar refractivity (Wildman–Crippen MR) is 113 cm³/mol. The molecule has 1 N–H and O–H groups in total. The van der Waals surface area contributed by atoms with E-state index in [2.05, 4.69) is 9.71 Å². The fourth-order valence-electron chi connectivity index (χ4n) is 3.01. The van der Waals surface area contributed by atoms with Gasteiger partial charge in [0, 0.05) is 23.0 Å². The van der Waals surface area contributed by atoms with Crippen molar-refractivity contribution >= 4 is 15.7 Å². The fourth-order valence-corrected chi connectivity index (χ4v) is 3.71. The van der Waals surface area contributed by atoms with E-state index in [-0.39, 0.29) is 11.5 Å². The summed E-state index contributed by atoms with van der Waals surface area (Å²) < 4.78 is 60.0. The van der Waals surface area contributed by atoms with E-state index >= 15 is 0 Å². The number of hydrogen-bond donors (Lipinski definition) is 1. The lowest BCUT2D eigenvalue weighted by Gasteiger charge is -2.17. The van der Waals surface area contributed by atoms with E-state index in [1.165, 1.54) is 6.07 Å². The van der Waals surface area contributed by atoms with E-state index in [1.807, 2.05) is 26.0 Å². The highest BCUT2D eigenvalue weighted by atomic mass is 32.2. The highest BCUT2D eigenvalue weighted by Gasteiger charge is 2.17. The molecule has 0 fully saturated rings. The quantitative estimate of drug-likeness (QED) is 0.558. The van der Waals surface area contributed by atoms with Gasteiger partial charge in [-0.3, -0.25) is 9.71 Å². The predicted octanol–water partition coefficient (Wildman–Crippen LogP) is 5.51. The molecule has 0 unspecified atom stereocenters. The summed E-state index contributed by atoms with van der Waals surface area (Å²) in [7, 11) is -3.50. The van der Waals surface area contributed by atoms with Crippen LogP contribution in [0.5, 0.6) is 11.5 Å². The summed E-state index contributed by atoms with van der Waals surface area (Å²) in [4.78, 5) is 4.36. The molecule has 30 heavy (non-hydrogen) atoms. The number of nitrogens with zero attached hydrogens (tertiary/aromatic N) is 1. The van der Waals surface area contributed by atoms with Crippen molar-refractivity contribution in [2.24, 2.45) is 0 Å². The second-order valence-electron chi connectivity index (χ2n) is 6.98. The number of aromatic nitrogens is 1. The van der Waals surface area contributed by atoms with Crippen LogP contribution in [-0.4, -0.2) is 19.2 Å². The Morgan fingerprint density at radius 3 is 2.23 bits per heavy atom. The first-order valence-electron chi connectivity index (χ1n) is 9.31. The second kappa shape index (κ2) is 8.39. The van der Waals surface area contributed by atoms with Crippen molar-refractivity contribution in [1.82, 2.24) is 4.98 Å². The minimum absolute atomic E-state index is 0.0751. The minimum Gasteiger partial charge on any atom is -0.454 e. The number of sulfonamides is 1.